The van der Waals surface area contributed by atoms with E-state index in [4.69, 9.17) is 5.11 Å². The van der Waals surface area contributed by atoms with Crippen LogP contribution in [0.4, 0.5) is 0 Å². The quantitative estimate of drug-likeness (QED) is 0.760. The van der Waals surface area contributed by atoms with Gasteiger partial charge in [0.05, 0.1) is 5.56 Å². The normalized spacial score (nSPS) is 10.7. The number of aromatic nitrogens is 1. The zero-order valence-corrected chi connectivity index (χ0v) is 10.1. The van der Waals surface area contributed by atoms with Crippen LogP contribution in [0.25, 0.3) is 21.2 Å². The first-order chi connectivity index (χ1) is 8.75. The van der Waals surface area contributed by atoms with Gasteiger partial charge in [0, 0.05) is 28.2 Å². The Morgan fingerprint density at radius 2 is 2.11 bits per heavy atom. The van der Waals surface area contributed by atoms with Crippen molar-refractivity contribution in [2.45, 2.75) is 0 Å². The highest BCUT2D eigenvalue weighted by Crippen LogP contribution is 2.32. The predicted molar refractivity (Wildman–Crippen MR) is 72.0 cm³/mol. The number of benzene rings is 1. The van der Waals surface area contributed by atoms with E-state index in [0.29, 0.717) is 0 Å². The SMILES string of the molecule is O=C(O)c1cncc(-c2cccc3ccsc23)c1. The number of hydrogen-bond acceptors (Lipinski definition) is 3. The van der Waals surface area contributed by atoms with Gasteiger partial charge in [0.25, 0.3) is 0 Å². The summed E-state index contributed by atoms with van der Waals surface area (Å²) in [5.74, 6) is -0.956. The van der Waals surface area contributed by atoms with E-state index in [1.54, 1.807) is 23.6 Å². The van der Waals surface area contributed by atoms with Crippen LogP contribution in [0.3, 0.4) is 0 Å². The molecule has 0 radical (unpaired) electrons. The van der Waals surface area contributed by atoms with Crippen molar-refractivity contribution in [2.24, 2.45) is 0 Å². The smallest absolute Gasteiger partial charge is 0.337 e. The fraction of sp³-hybridized carbons (Fsp3) is 0. The van der Waals surface area contributed by atoms with E-state index < -0.39 is 5.97 Å². The minimum absolute atomic E-state index is 0.209. The third-order valence-electron chi connectivity index (χ3n) is 2.78. The molecule has 2 aromatic heterocycles. The summed E-state index contributed by atoms with van der Waals surface area (Å²) < 4.78 is 1.15. The van der Waals surface area contributed by atoms with Crippen LogP contribution < -0.4 is 0 Å². The van der Waals surface area contributed by atoms with Crippen molar-refractivity contribution in [3.05, 3.63) is 53.7 Å². The van der Waals surface area contributed by atoms with Crippen molar-refractivity contribution in [1.29, 1.82) is 0 Å². The lowest BCUT2D eigenvalue weighted by molar-refractivity contribution is 0.0696. The van der Waals surface area contributed by atoms with Crippen molar-refractivity contribution in [3.63, 3.8) is 0 Å². The van der Waals surface area contributed by atoms with E-state index in [1.165, 1.54) is 11.6 Å². The Morgan fingerprint density at radius 1 is 1.22 bits per heavy atom. The predicted octanol–water partition coefficient (Wildman–Crippen LogP) is 3.66. The zero-order chi connectivity index (χ0) is 12.5. The van der Waals surface area contributed by atoms with Gasteiger partial charge in [0.15, 0.2) is 0 Å². The number of carboxylic acids is 1. The Morgan fingerprint density at radius 3 is 2.94 bits per heavy atom. The van der Waals surface area contributed by atoms with Gasteiger partial charge in [-0.25, -0.2) is 4.79 Å². The second kappa shape index (κ2) is 4.23. The molecular formula is C14H9NO2S. The van der Waals surface area contributed by atoms with Crippen molar-refractivity contribution in [1.82, 2.24) is 4.98 Å². The van der Waals surface area contributed by atoms with Crippen LogP contribution in [0.1, 0.15) is 10.4 Å². The summed E-state index contributed by atoms with van der Waals surface area (Å²) in [4.78, 5) is 15.0. The van der Waals surface area contributed by atoms with Gasteiger partial charge in [0.1, 0.15) is 0 Å². The molecule has 0 atom stereocenters. The Bertz CT molecular complexity index is 733. The highest BCUT2D eigenvalue weighted by molar-refractivity contribution is 7.17. The summed E-state index contributed by atoms with van der Waals surface area (Å²) >= 11 is 1.65. The molecule has 0 bridgehead atoms. The van der Waals surface area contributed by atoms with Crippen LogP contribution in [0.15, 0.2) is 48.1 Å². The monoisotopic (exact) mass is 255 g/mol. The second-order valence-electron chi connectivity index (χ2n) is 3.91. The molecule has 0 saturated heterocycles. The molecule has 0 unspecified atom stereocenters. The van der Waals surface area contributed by atoms with Gasteiger partial charge in [-0.1, -0.05) is 18.2 Å². The average molecular weight is 255 g/mol. The molecule has 3 aromatic rings. The summed E-state index contributed by atoms with van der Waals surface area (Å²) in [6.07, 6.45) is 3.06. The zero-order valence-electron chi connectivity index (χ0n) is 9.33. The van der Waals surface area contributed by atoms with E-state index in [9.17, 15) is 4.79 Å². The fourth-order valence-electron chi connectivity index (χ4n) is 1.92. The summed E-state index contributed by atoms with van der Waals surface area (Å²) in [6.45, 7) is 0. The molecule has 0 spiro atoms. The molecule has 3 nitrogen and oxygen atoms in total. The molecule has 2 heterocycles. The summed E-state index contributed by atoms with van der Waals surface area (Å²) in [7, 11) is 0. The molecule has 88 valence electrons. The molecule has 0 aliphatic rings. The topological polar surface area (TPSA) is 50.2 Å². The van der Waals surface area contributed by atoms with Crippen molar-refractivity contribution in [2.75, 3.05) is 0 Å². The van der Waals surface area contributed by atoms with Gasteiger partial charge in [-0.3, -0.25) is 4.98 Å². The highest BCUT2D eigenvalue weighted by atomic mass is 32.1. The molecule has 18 heavy (non-hydrogen) atoms. The molecule has 4 heteroatoms. The fourth-order valence-corrected chi connectivity index (χ4v) is 2.86. The minimum Gasteiger partial charge on any atom is -0.478 e. The van der Waals surface area contributed by atoms with E-state index in [1.807, 2.05) is 23.6 Å². The minimum atomic E-state index is -0.956. The van der Waals surface area contributed by atoms with Crippen LogP contribution >= 0.6 is 11.3 Å². The molecule has 0 fully saturated rings. The number of thiophene rings is 1. The largest absolute Gasteiger partial charge is 0.478 e. The van der Waals surface area contributed by atoms with Crippen LogP contribution in [0.2, 0.25) is 0 Å². The van der Waals surface area contributed by atoms with Crippen LogP contribution in [-0.2, 0) is 0 Å². The van der Waals surface area contributed by atoms with Gasteiger partial charge >= 0.3 is 5.97 Å². The van der Waals surface area contributed by atoms with Gasteiger partial charge < -0.3 is 5.11 Å². The molecule has 0 aliphatic carbocycles. The molecule has 0 amide bonds. The van der Waals surface area contributed by atoms with Crippen LogP contribution in [0, 0.1) is 0 Å². The van der Waals surface area contributed by atoms with Crippen LogP contribution in [-0.4, -0.2) is 16.1 Å². The van der Waals surface area contributed by atoms with Crippen LogP contribution in [0.5, 0.6) is 0 Å². The summed E-state index contributed by atoms with van der Waals surface area (Å²) in [5, 5.41) is 12.2. The third-order valence-corrected chi connectivity index (χ3v) is 3.74. The van der Waals surface area contributed by atoms with E-state index >= 15 is 0 Å². The first kappa shape index (κ1) is 10.9. The number of nitrogens with zero attached hydrogens (tertiary/aromatic N) is 1. The number of hydrogen-bond donors (Lipinski definition) is 1. The number of fused-ring (bicyclic) bond motifs is 1. The van der Waals surface area contributed by atoms with Gasteiger partial charge in [-0.05, 0) is 22.9 Å². The Hall–Kier alpha value is -2.20. The summed E-state index contributed by atoms with van der Waals surface area (Å²) in [6, 6.07) is 9.71. The Labute approximate surface area is 107 Å². The molecule has 0 aliphatic heterocycles. The lowest BCUT2D eigenvalue weighted by Gasteiger charge is -2.04. The van der Waals surface area contributed by atoms with E-state index in [0.717, 1.165) is 15.8 Å². The van der Waals surface area contributed by atoms with Gasteiger partial charge in [0.2, 0.25) is 0 Å². The number of carboxylic acid groups (broad SMARTS) is 1. The Balaban J connectivity index is 2.23. The Kier molecular flexibility index (Phi) is 2.57. The maximum absolute atomic E-state index is 11.0. The maximum atomic E-state index is 11.0. The van der Waals surface area contributed by atoms with E-state index in [2.05, 4.69) is 11.1 Å². The molecular weight excluding hydrogens is 246 g/mol. The molecule has 0 saturated carbocycles. The lowest BCUT2D eigenvalue weighted by atomic mass is 10.0. The molecule has 3 rings (SSSR count). The maximum Gasteiger partial charge on any atom is 0.337 e. The van der Waals surface area contributed by atoms with Gasteiger partial charge in [-0.2, -0.15) is 0 Å². The average Bonchev–Trinajstić information content (AvgIpc) is 2.87. The number of rotatable bonds is 2. The summed E-state index contributed by atoms with van der Waals surface area (Å²) in [5.41, 5.74) is 2.07. The first-order valence-electron chi connectivity index (χ1n) is 5.40. The number of pyridine rings is 1. The lowest BCUT2D eigenvalue weighted by Crippen LogP contribution is -1.97. The van der Waals surface area contributed by atoms with Crippen molar-refractivity contribution < 1.29 is 9.90 Å². The van der Waals surface area contributed by atoms with Crippen molar-refractivity contribution >= 4 is 27.4 Å². The molecule has 1 N–H and O–H groups in total. The van der Waals surface area contributed by atoms with Crippen molar-refractivity contribution in [3.8, 4) is 11.1 Å². The van der Waals surface area contributed by atoms with Gasteiger partial charge in [-0.15, -0.1) is 11.3 Å². The number of carbonyl (C=O) groups is 1. The first-order valence-corrected chi connectivity index (χ1v) is 6.28. The highest BCUT2D eigenvalue weighted by Gasteiger charge is 2.08. The van der Waals surface area contributed by atoms with E-state index in [-0.39, 0.29) is 5.56 Å². The molecule has 1 aromatic carbocycles. The standard InChI is InChI=1S/C14H9NO2S/c16-14(17)11-6-10(7-15-8-11)12-3-1-2-9-4-5-18-13(9)12/h1-8H,(H,16,17). The third kappa shape index (κ3) is 1.76. The second-order valence-corrected chi connectivity index (χ2v) is 4.83. The number of aromatic carboxylic acids is 1.